The Morgan fingerprint density at radius 1 is 0.383 bits per heavy atom. The zero-order valence-corrected chi connectivity index (χ0v) is 52.9. The number of carboxylic acid groups (broad SMARTS) is 1. The molecule has 0 aromatic rings. The third-order valence-electron chi connectivity index (χ3n) is 14.0. The van der Waals surface area contributed by atoms with Gasteiger partial charge in [-0.15, -0.1) is 0 Å². The molecule has 0 aliphatic rings. The van der Waals surface area contributed by atoms with Gasteiger partial charge in [-0.25, -0.2) is 4.79 Å². The number of allylic oxidation sites excluding steroid dienone is 18. The van der Waals surface area contributed by atoms with E-state index in [0.717, 1.165) is 96.3 Å². The molecule has 0 aliphatic heterocycles. The van der Waals surface area contributed by atoms with Gasteiger partial charge in [-0.05, 0) is 83.5 Å². The fourth-order valence-electron chi connectivity index (χ4n) is 9.01. The Labute approximate surface area is 498 Å². The van der Waals surface area contributed by atoms with E-state index in [1.807, 2.05) is 21.1 Å². The molecule has 9 nitrogen and oxygen atoms in total. The molecule has 9 heteroatoms. The van der Waals surface area contributed by atoms with Crippen LogP contribution >= 0.6 is 0 Å². The summed E-state index contributed by atoms with van der Waals surface area (Å²) >= 11 is 0. The van der Waals surface area contributed by atoms with Crippen LogP contribution in [0.3, 0.4) is 0 Å². The Morgan fingerprint density at radius 2 is 0.704 bits per heavy atom. The number of carbonyl (C=O) groups is 3. The first kappa shape index (κ1) is 77.0. The van der Waals surface area contributed by atoms with Crippen molar-refractivity contribution in [1.29, 1.82) is 0 Å². The third-order valence-corrected chi connectivity index (χ3v) is 14.0. The number of nitrogens with zero attached hydrogens (tertiary/aromatic N) is 1. The molecule has 0 aliphatic carbocycles. The standard InChI is InChI=1S/C72H123NO8/c1-6-8-10-12-14-16-18-20-22-24-26-28-30-32-33-34-35-36-37-39-41-43-45-47-49-51-53-55-57-59-61-63-70(75)81-68(67-80-72(71(76)77)78-65-64-73(3,4)5)66-79-69(74)62-60-58-56-54-52-50-48-46-44-42-40-38-31-29-27-25-23-21-19-17-15-13-11-9-7-2/h8,10,14,16,20,22,26,28,32-33,35-36,39,41,45,47,51,53,68,72H,6-7,9,11-13,15,17-19,21,23-25,27,29-31,34,37-38,40,42-44,46,48-50,52,54-67H2,1-5H3/p+1/b10-8-,16-14-,22-20-,28-26-,33-32-,36-35-,41-39-,47-45-,53-51-. The summed E-state index contributed by atoms with van der Waals surface area (Å²) in [5.74, 6) is -2.05. The summed E-state index contributed by atoms with van der Waals surface area (Å²) in [6.07, 6.45) is 83.3. The largest absolute Gasteiger partial charge is 0.477 e. The normalized spacial score (nSPS) is 13.4. The average molecular weight is 1130 g/mol. The highest BCUT2D eigenvalue weighted by Gasteiger charge is 2.25. The van der Waals surface area contributed by atoms with E-state index < -0.39 is 24.3 Å². The molecule has 0 aromatic carbocycles. The van der Waals surface area contributed by atoms with Crippen LogP contribution in [0.15, 0.2) is 109 Å². The number of likely N-dealkylation sites (N-methyl/N-ethyl adjacent to an activating group) is 1. The molecular formula is C72H124NO8+. The maximum Gasteiger partial charge on any atom is 0.361 e. The molecule has 0 fully saturated rings. The number of ether oxygens (including phenoxy) is 4. The Kier molecular flexibility index (Phi) is 58.9. The Morgan fingerprint density at radius 3 is 1.05 bits per heavy atom. The maximum atomic E-state index is 12.9. The van der Waals surface area contributed by atoms with E-state index in [1.165, 1.54) is 141 Å². The van der Waals surface area contributed by atoms with Gasteiger partial charge in [0, 0.05) is 12.8 Å². The van der Waals surface area contributed by atoms with Crippen molar-refractivity contribution < 1.29 is 42.9 Å². The summed E-state index contributed by atoms with van der Waals surface area (Å²) in [5, 5.41) is 9.73. The number of esters is 2. The van der Waals surface area contributed by atoms with Gasteiger partial charge in [0.25, 0.3) is 6.29 Å². The molecule has 0 heterocycles. The second-order valence-corrected chi connectivity index (χ2v) is 23.1. The van der Waals surface area contributed by atoms with Crippen LogP contribution < -0.4 is 0 Å². The zero-order valence-electron chi connectivity index (χ0n) is 52.9. The van der Waals surface area contributed by atoms with Gasteiger partial charge < -0.3 is 28.5 Å². The predicted octanol–water partition coefficient (Wildman–Crippen LogP) is 20.2. The summed E-state index contributed by atoms with van der Waals surface area (Å²) in [4.78, 5) is 37.5. The van der Waals surface area contributed by atoms with Crippen LogP contribution in [0, 0.1) is 0 Å². The van der Waals surface area contributed by atoms with Gasteiger partial charge in [0.05, 0.1) is 34.4 Å². The predicted molar refractivity (Wildman–Crippen MR) is 345 cm³/mol. The van der Waals surface area contributed by atoms with E-state index in [2.05, 4.69) is 123 Å². The van der Waals surface area contributed by atoms with E-state index >= 15 is 0 Å². The molecule has 81 heavy (non-hydrogen) atoms. The lowest BCUT2D eigenvalue weighted by atomic mass is 10.0. The van der Waals surface area contributed by atoms with Crippen LogP contribution in [0.4, 0.5) is 0 Å². The van der Waals surface area contributed by atoms with Gasteiger partial charge in [0.1, 0.15) is 13.2 Å². The van der Waals surface area contributed by atoms with Crippen molar-refractivity contribution in [2.45, 2.75) is 283 Å². The molecule has 0 spiro atoms. The summed E-state index contributed by atoms with van der Waals surface area (Å²) < 4.78 is 22.9. The van der Waals surface area contributed by atoms with Crippen LogP contribution in [-0.4, -0.2) is 87.4 Å². The first-order valence-corrected chi connectivity index (χ1v) is 33.1. The number of hydrogen-bond donors (Lipinski definition) is 1. The zero-order chi connectivity index (χ0) is 59.1. The molecule has 0 bridgehead atoms. The van der Waals surface area contributed by atoms with Crippen LogP contribution in [-0.2, 0) is 33.3 Å². The summed E-state index contributed by atoms with van der Waals surface area (Å²) in [5.41, 5.74) is 0. The lowest BCUT2D eigenvalue weighted by Gasteiger charge is -2.25. The molecule has 0 radical (unpaired) electrons. The average Bonchev–Trinajstić information content (AvgIpc) is 3.44. The minimum absolute atomic E-state index is 0.176. The topological polar surface area (TPSA) is 108 Å². The van der Waals surface area contributed by atoms with Crippen LogP contribution in [0.2, 0.25) is 0 Å². The van der Waals surface area contributed by atoms with Crippen molar-refractivity contribution in [3.63, 3.8) is 0 Å². The molecule has 2 unspecified atom stereocenters. The van der Waals surface area contributed by atoms with Gasteiger partial charge in [0.2, 0.25) is 0 Å². The maximum absolute atomic E-state index is 12.9. The van der Waals surface area contributed by atoms with Crippen molar-refractivity contribution in [3.8, 4) is 0 Å². The van der Waals surface area contributed by atoms with Gasteiger partial charge in [-0.3, -0.25) is 9.59 Å². The fraction of sp³-hybridized carbons (Fsp3) is 0.708. The lowest BCUT2D eigenvalue weighted by molar-refractivity contribution is -0.870. The van der Waals surface area contributed by atoms with E-state index in [1.54, 1.807) is 0 Å². The second-order valence-electron chi connectivity index (χ2n) is 23.1. The quantitative estimate of drug-likeness (QED) is 0.0211. The molecule has 0 aromatic heterocycles. The van der Waals surface area contributed by atoms with E-state index in [0.29, 0.717) is 23.9 Å². The van der Waals surface area contributed by atoms with Crippen LogP contribution in [0.25, 0.3) is 0 Å². The molecular weight excluding hydrogens is 1010 g/mol. The van der Waals surface area contributed by atoms with Crippen molar-refractivity contribution in [2.75, 3.05) is 47.5 Å². The SMILES string of the molecule is CC/C=C\C/C=C\C/C=C\C/C=C\C/C=C\C/C=C\C/C=C\C/C=C\C/C=C\CCCCCC(=O)OC(COC(=O)CCCCCCCCCCCCCCCCCCCCCCCCCCC)COC(OCC[N+](C)(C)C)C(=O)O. The highest BCUT2D eigenvalue weighted by Crippen LogP contribution is 2.17. The second kappa shape index (κ2) is 62.0. The van der Waals surface area contributed by atoms with Crippen LogP contribution in [0.5, 0.6) is 0 Å². The Hall–Kier alpha value is -4.05. The molecule has 0 amide bonds. The van der Waals surface area contributed by atoms with E-state index in [4.69, 9.17) is 18.9 Å². The number of carbonyl (C=O) groups excluding carboxylic acids is 2. The van der Waals surface area contributed by atoms with Crippen molar-refractivity contribution >= 4 is 17.9 Å². The number of aliphatic carboxylic acids is 1. The molecule has 1 N–H and O–H groups in total. The molecule has 0 rings (SSSR count). The third kappa shape index (κ3) is 63.4. The van der Waals surface area contributed by atoms with E-state index in [9.17, 15) is 19.5 Å². The van der Waals surface area contributed by atoms with Crippen LogP contribution in [0.1, 0.15) is 271 Å². The van der Waals surface area contributed by atoms with Gasteiger partial charge in [0.15, 0.2) is 6.10 Å². The Bertz CT molecular complexity index is 1700. The molecule has 2 atom stereocenters. The summed E-state index contributed by atoms with van der Waals surface area (Å²) in [6, 6.07) is 0. The minimum Gasteiger partial charge on any atom is -0.477 e. The monoisotopic (exact) mass is 1130 g/mol. The highest BCUT2D eigenvalue weighted by atomic mass is 16.7. The van der Waals surface area contributed by atoms with Gasteiger partial charge in [-0.2, -0.15) is 0 Å². The minimum atomic E-state index is -1.53. The van der Waals surface area contributed by atoms with Crippen molar-refractivity contribution in [2.24, 2.45) is 0 Å². The molecule has 0 saturated carbocycles. The fourth-order valence-corrected chi connectivity index (χ4v) is 9.01. The number of carboxylic acids is 1. The molecule has 0 saturated heterocycles. The number of hydrogen-bond acceptors (Lipinski definition) is 7. The smallest absolute Gasteiger partial charge is 0.361 e. The van der Waals surface area contributed by atoms with E-state index in [-0.39, 0.29) is 32.2 Å². The summed E-state index contributed by atoms with van der Waals surface area (Å²) in [6.45, 7) is 4.74. The lowest BCUT2D eigenvalue weighted by Crippen LogP contribution is -2.40. The Balaban J connectivity index is 4.26. The van der Waals surface area contributed by atoms with Gasteiger partial charge >= 0.3 is 17.9 Å². The van der Waals surface area contributed by atoms with Gasteiger partial charge in [-0.1, -0.05) is 284 Å². The number of rotatable bonds is 60. The highest BCUT2D eigenvalue weighted by molar-refractivity contribution is 5.71. The van der Waals surface area contributed by atoms with Crippen molar-refractivity contribution in [1.82, 2.24) is 0 Å². The number of quaternary nitrogens is 1. The number of unbranched alkanes of at least 4 members (excludes halogenated alkanes) is 27. The van der Waals surface area contributed by atoms with Crippen molar-refractivity contribution in [3.05, 3.63) is 109 Å². The first-order chi connectivity index (χ1) is 39.6. The molecule has 464 valence electrons. The summed E-state index contributed by atoms with van der Waals surface area (Å²) in [7, 11) is 5.96. The first-order valence-electron chi connectivity index (χ1n) is 33.1.